The molecule has 0 unspecified atom stereocenters. The molecular weight excluding hydrogens is 525 g/mol. The molecule has 38 heavy (non-hydrogen) atoms. The molecule has 4 heterocycles. The summed E-state index contributed by atoms with van der Waals surface area (Å²) >= 11 is 12.8. The summed E-state index contributed by atoms with van der Waals surface area (Å²) in [7, 11) is 0. The van der Waals surface area contributed by atoms with Gasteiger partial charge in [0.1, 0.15) is 17.0 Å². The van der Waals surface area contributed by atoms with Crippen LogP contribution in [0.5, 0.6) is 0 Å². The maximum absolute atomic E-state index is 13.6. The van der Waals surface area contributed by atoms with Gasteiger partial charge in [-0.25, -0.2) is 4.98 Å². The first-order chi connectivity index (χ1) is 18.4. The third-order valence-corrected chi connectivity index (χ3v) is 7.30. The zero-order valence-corrected chi connectivity index (χ0v) is 22.2. The van der Waals surface area contributed by atoms with Gasteiger partial charge in [-0.3, -0.25) is 4.79 Å². The monoisotopic (exact) mass is 547 g/mol. The highest BCUT2D eigenvalue weighted by Crippen LogP contribution is 2.37. The summed E-state index contributed by atoms with van der Waals surface area (Å²) in [6.07, 6.45) is 1.74. The topological polar surface area (TPSA) is 92.7 Å². The van der Waals surface area contributed by atoms with Gasteiger partial charge in [0.15, 0.2) is 0 Å². The van der Waals surface area contributed by atoms with Crippen molar-refractivity contribution in [2.45, 2.75) is 13.8 Å². The van der Waals surface area contributed by atoms with Crippen molar-refractivity contribution in [3.63, 3.8) is 0 Å². The molecule has 0 bridgehead atoms. The highest BCUT2D eigenvalue weighted by Gasteiger charge is 2.31. The van der Waals surface area contributed by atoms with Crippen LogP contribution in [0.15, 0.2) is 59.3 Å². The van der Waals surface area contributed by atoms with Crippen molar-refractivity contribution < 1.29 is 9.32 Å². The summed E-state index contributed by atoms with van der Waals surface area (Å²) < 4.78 is 7.16. The average Bonchev–Trinajstić information content (AvgIpc) is 3.52. The van der Waals surface area contributed by atoms with Crippen molar-refractivity contribution >= 4 is 40.8 Å². The van der Waals surface area contributed by atoms with Gasteiger partial charge in [-0.2, -0.15) is 9.50 Å². The van der Waals surface area contributed by atoms with Crippen molar-refractivity contribution in [2.75, 3.05) is 31.1 Å². The fourth-order valence-electron chi connectivity index (χ4n) is 4.73. The number of anilines is 1. The number of nitrogens with zero attached hydrogens (tertiary/aromatic N) is 7. The van der Waals surface area contributed by atoms with Crippen molar-refractivity contribution in [1.82, 2.24) is 29.6 Å². The number of aromatic nitrogens is 5. The molecule has 6 rings (SSSR count). The molecule has 2 aromatic carbocycles. The predicted molar refractivity (Wildman–Crippen MR) is 146 cm³/mol. The van der Waals surface area contributed by atoms with E-state index in [1.165, 1.54) is 0 Å². The maximum atomic E-state index is 13.6. The fraction of sp³-hybridized carbons (Fsp3) is 0.222. The maximum Gasteiger partial charge on any atom is 0.259 e. The lowest BCUT2D eigenvalue weighted by Gasteiger charge is -2.34. The summed E-state index contributed by atoms with van der Waals surface area (Å²) in [5, 5.41) is 9.69. The molecule has 1 saturated heterocycles. The molecule has 0 N–H and O–H groups in total. The SMILES string of the molecule is Cc1cccc(-c2ccnc3nc(N4CCN(C(=O)c5c(-c6c(Cl)cccc6Cl)noc5C)CC4)nn23)c1. The summed E-state index contributed by atoms with van der Waals surface area (Å²) in [4.78, 5) is 26.5. The molecule has 0 spiro atoms. The van der Waals surface area contributed by atoms with Gasteiger partial charge >= 0.3 is 0 Å². The Morgan fingerprint density at radius 3 is 2.45 bits per heavy atom. The van der Waals surface area contributed by atoms with Crippen LogP contribution in [0.1, 0.15) is 21.7 Å². The van der Waals surface area contributed by atoms with Crippen LogP contribution in [-0.4, -0.2) is 61.7 Å². The lowest BCUT2D eigenvalue weighted by molar-refractivity contribution is 0.0745. The second-order valence-electron chi connectivity index (χ2n) is 9.16. The highest BCUT2D eigenvalue weighted by atomic mass is 35.5. The Balaban J connectivity index is 1.23. The minimum atomic E-state index is -0.180. The number of rotatable bonds is 4. The number of halogens is 2. The van der Waals surface area contributed by atoms with Crippen LogP contribution in [0.3, 0.4) is 0 Å². The number of carbonyl (C=O) groups excluding carboxylic acids is 1. The molecule has 1 amide bonds. The lowest BCUT2D eigenvalue weighted by atomic mass is 10.0. The van der Waals surface area contributed by atoms with E-state index in [2.05, 4.69) is 39.1 Å². The van der Waals surface area contributed by atoms with Crippen LogP contribution in [0, 0.1) is 13.8 Å². The molecule has 0 aliphatic carbocycles. The second kappa shape index (κ2) is 9.74. The van der Waals surface area contributed by atoms with E-state index in [1.807, 2.05) is 18.2 Å². The van der Waals surface area contributed by atoms with Crippen molar-refractivity contribution in [1.29, 1.82) is 0 Å². The molecule has 11 heteroatoms. The first-order valence-electron chi connectivity index (χ1n) is 12.1. The molecule has 9 nitrogen and oxygen atoms in total. The Hall–Kier alpha value is -3.95. The van der Waals surface area contributed by atoms with Crippen LogP contribution in [-0.2, 0) is 0 Å². The van der Waals surface area contributed by atoms with E-state index in [0.29, 0.717) is 70.5 Å². The Labute approximate surface area is 228 Å². The number of aryl methyl sites for hydroxylation is 2. The molecule has 3 aromatic heterocycles. The van der Waals surface area contributed by atoms with Crippen LogP contribution in [0.2, 0.25) is 10.0 Å². The lowest BCUT2D eigenvalue weighted by Crippen LogP contribution is -2.49. The third-order valence-electron chi connectivity index (χ3n) is 6.67. The van der Waals surface area contributed by atoms with Gasteiger partial charge in [0.25, 0.3) is 11.7 Å². The zero-order chi connectivity index (χ0) is 26.4. The Bertz CT molecular complexity index is 1650. The van der Waals surface area contributed by atoms with Gasteiger partial charge in [-0.15, -0.1) is 5.10 Å². The van der Waals surface area contributed by atoms with Crippen molar-refractivity contribution in [3.05, 3.63) is 81.7 Å². The first kappa shape index (κ1) is 24.4. The third kappa shape index (κ3) is 4.27. The summed E-state index contributed by atoms with van der Waals surface area (Å²) in [6.45, 7) is 5.86. The van der Waals surface area contributed by atoms with Crippen molar-refractivity contribution in [2.24, 2.45) is 0 Å². The Morgan fingerprint density at radius 2 is 1.71 bits per heavy atom. The number of amides is 1. The second-order valence-corrected chi connectivity index (χ2v) is 9.98. The van der Waals surface area contributed by atoms with Gasteiger partial charge in [0.2, 0.25) is 5.95 Å². The number of benzene rings is 2. The number of fused-ring (bicyclic) bond motifs is 1. The van der Waals surface area contributed by atoms with E-state index in [-0.39, 0.29) is 5.91 Å². The standard InChI is InChI=1S/C27H23Cl2N7O2/c1-16-5-3-6-18(15-16)21-9-10-30-26-31-27(32-36(21)26)35-13-11-34(12-14-35)25(37)22-17(2)38-33-24(22)23-19(28)7-4-8-20(23)29/h3-10,15H,11-14H2,1-2H3. The molecule has 0 saturated carbocycles. The normalized spacial score (nSPS) is 13.9. The molecule has 192 valence electrons. The Kier molecular flexibility index (Phi) is 6.25. The van der Waals surface area contributed by atoms with Crippen LogP contribution < -0.4 is 4.90 Å². The molecule has 0 atom stereocenters. The molecule has 1 aliphatic rings. The molecule has 1 fully saturated rings. The summed E-state index contributed by atoms with van der Waals surface area (Å²) in [5.74, 6) is 1.34. The van der Waals surface area contributed by atoms with Gasteiger partial charge in [-0.05, 0) is 38.1 Å². The minimum Gasteiger partial charge on any atom is -0.360 e. The first-order valence-corrected chi connectivity index (χ1v) is 12.9. The number of carbonyl (C=O) groups is 1. The van der Waals surface area contributed by atoms with E-state index in [4.69, 9.17) is 32.8 Å². The van der Waals surface area contributed by atoms with Gasteiger partial charge in [-0.1, -0.05) is 58.2 Å². The van der Waals surface area contributed by atoms with E-state index < -0.39 is 0 Å². The molecule has 1 aliphatic heterocycles. The smallest absolute Gasteiger partial charge is 0.259 e. The number of hydrogen-bond donors (Lipinski definition) is 0. The average molecular weight is 548 g/mol. The van der Waals surface area contributed by atoms with Gasteiger partial charge in [0.05, 0.1) is 15.7 Å². The Morgan fingerprint density at radius 1 is 0.974 bits per heavy atom. The van der Waals surface area contributed by atoms with E-state index in [9.17, 15) is 4.79 Å². The van der Waals surface area contributed by atoms with Crippen LogP contribution in [0.4, 0.5) is 5.95 Å². The van der Waals surface area contributed by atoms with Gasteiger partial charge < -0.3 is 14.3 Å². The number of piperazine rings is 1. The number of hydrogen-bond acceptors (Lipinski definition) is 7. The molecule has 5 aromatic rings. The van der Waals surface area contributed by atoms with E-state index in [1.54, 1.807) is 40.7 Å². The summed E-state index contributed by atoms with van der Waals surface area (Å²) in [6, 6.07) is 15.3. The summed E-state index contributed by atoms with van der Waals surface area (Å²) in [5.41, 5.74) is 4.33. The molecule has 0 radical (unpaired) electrons. The minimum absolute atomic E-state index is 0.180. The van der Waals surface area contributed by atoms with Crippen molar-refractivity contribution in [3.8, 4) is 22.5 Å². The van der Waals surface area contributed by atoms with Crippen LogP contribution >= 0.6 is 23.2 Å². The molecular formula is C27H23Cl2N7O2. The van der Waals surface area contributed by atoms with Crippen LogP contribution in [0.25, 0.3) is 28.3 Å². The van der Waals surface area contributed by atoms with Gasteiger partial charge in [0, 0.05) is 43.5 Å². The predicted octanol–water partition coefficient (Wildman–Crippen LogP) is 5.33. The largest absolute Gasteiger partial charge is 0.360 e. The zero-order valence-electron chi connectivity index (χ0n) is 20.7. The van der Waals surface area contributed by atoms with E-state index >= 15 is 0 Å². The quantitative estimate of drug-likeness (QED) is 0.300. The fourth-order valence-corrected chi connectivity index (χ4v) is 5.30. The highest BCUT2D eigenvalue weighted by molar-refractivity contribution is 6.39. The van der Waals surface area contributed by atoms with E-state index in [0.717, 1.165) is 16.8 Å².